The first-order valence-corrected chi connectivity index (χ1v) is 12.2. The smallest absolute Gasteiger partial charge is 0.247 e. The number of thiocarbonyl (C=S) groups is 1. The second-order valence-corrected chi connectivity index (χ2v) is 9.16. The van der Waals surface area contributed by atoms with Crippen molar-refractivity contribution < 1.29 is 14.4 Å². The van der Waals surface area contributed by atoms with Crippen LogP contribution in [-0.4, -0.2) is 65.0 Å². The molecular weight excluding hydrogens is 464 g/mol. The summed E-state index contributed by atoms with van der Waals surface area (Å²) < 4.78 is 0. The lowest BCUT2D eigenvalue weighted by atomic mass is 9.86. The van der Waals surface area contributed by atoms with E-state index in [0.717, 1.165) is 12.8 Å². The van der Waals surface area contributed by atoms with E-state index in [2.05, 4.69) is 38.6 Å². The highest BCUT2D eigenvalue weighted by molar-refractivity contribution is 7.82. The molecule has 1 saturated heterocycles. The number of nitrogens with zero attached hydrogens (tertiary/aromatic N) is 2. The van der Waals surface area contributed by atoms with Gasteiger partial charge in [0, 0.05) is 12.1 Å². The van der Waals surface area contributed by atoms with E-state index in [1.54, 1.807) is 37.1 Å². The number of hydrogen-bond donors (Lipinski definition) is 4. The summed E-state index contributed by atoms with van der Waals surface area (Å²) in [5, 5.41) is 12.3. The summed E-state index contributed by atoms with van der Waals surface area (Å²) in [5.41, 5.74) is 6.43. The van der Waals surface area contributed by atoms with E-state index in [9.17, 15) is 14.4 Å². The van der Waals surface area contributed by atoms with Crippen LogP contribution in [0.15, 0.2) is 52.5 Å². The molecule has 0 aromatic heterocycles. The van der Waals surface area contributed by atoms with Gasteiger partial charge in [-0.2, -0.15) is 5.10 Å². The average Bonchev–Trinajstić information content (AvgIpc) is 3.38. The summed E-state index contributed by atoms with van der Waals surface area (Å²) in [6.45, 7) is 2.17. The Kier molecular flexibility index (Phi) is 9.34. The second-order valence-electron chi connectivity index (χ2n) is 8.75. The van der Waals surface area contributed by atoms with E-state index in [1.807, 2.05) is 6.08 Å². The van der Waals surface area contributed by atoms with E-state index >= 15 is 0 Å². The Balaban J connectivity index is 1.74. The molecule has 9 nitrogen and oxygen atoms in total. The number of rotatable bonds is 8. The number of hydrogen-bond acceptors (Lipinski definition) is 7. The molecule has 5 N–H and O–H groups in total. The lowest BCUT2D eigenvalue weighted by Crippen LogP contribution is -2.58. The maximum atomic E-state index is 13.7. The third kappa shape index (κ3) is 6.44. The molecule has 3 aliphatic rings. The van der Waals surface area contributed by atoms with Crippen LogP contribution in [0.1, 0.15) is 39.0 Å². The van der Waals surface area contributed by atoms with E-state index in [1.165, 1.54) is 0 Å². The van der Waals surface area contributed by atoms with Crippen LogP contribution in [0.3, 0.4) is 0 Å². The molecule has 3 rings (SSSR count). The zero-order chi connectivity index (χ0) is 25.4. The maximum Gasteiger partial charge on any atom is 0.247 e. The van der Waals surface area contributed by atoms with E-state index in [-0.39, 0.29) is 28.4 Å². The summed E-state index contributed by atoms with van der Waals surface area (Å²) in [6, 6.07) is -1.85. The third-order valence-electron chi connectivity index (χ3n) is 6.52. The highest BCUT2D eigenvalue weighted by atomic mass is 32.1. The highest BCUT2D eigenvalue weighted by Gasteiger charge is 2.41. The van der Waals surface area contributed by atoms with Gasteiger partial charge in [-0.15, -0.1) is 0 Å². The number of nitrogens with one attached hydrogen (secondary N) is 3. The van der Waals surface area contributed by atoms with Gasteiger partial charge in [0.1, 0.15) is 22.8 Å². The van der Waals surface area contributed by atoms with Crippen molar-refractivity contribution in [1.29, 1.82) is 0 Å². The van der Waals surface area contributed by atoms with Crippen molar-refractivity contribution in [2.75, 3.05) is 13.6 Å². The van der Waals surface area contributed by atoms with Crippen LogP contribution in [0.25, 0.3) is 0 Å². The summed E-state index contributed by atoms with van der Waals surface area (Å²) in [6.07, 6.45) is 12.6. The molecule has 4 atom stereocenters. The van der Waals surface area contributed by atoms with Crippen LogP contribution >= 0.6 is 12.2 Å². The molecule has 1 fully saturated rings. The Labute approximate surface area is 210 Å². The van der Waals surface area contributed by atoms with E-state index in [0.29, 0.717) is 31.4 Å². The van der Waals surface area contributed by atoms with Crippen LogP contribution < -0.4 is 21.8 Å². The molecule has 0 aromatic rings. The van der Waals surface area contributed by atoms with Gasteiger partial charge in [0.2, 0.25) is 17.7 Å². The van der Waals surface area contributed by atoms with Crippen LogP contribution in [0.2, 0.25) is 0 Å². The minimum Gasteiger partial charge on any atom is -0.343 e. The van der Waals surface area contributed by atoms with Gasteiger partial charge in [0.25, 0.3) is 0 Å². The molecule has 2 aliphatic carbocycles. The predicted octanol–water partition coefficient (Wildman–Crippen LogP) is 0.991. The van der Waals surface area contributed by atoms with Gasteiger partial charge >= 0.3 is 0 Å². The number of nitrogens with two attached hydrogens (primary N) is 1. The van der Waals surface area contributed by atoms with Crippen molar-refractivity contribution >= 4 is 40.6 Å². The summed E-state index contributed by atoms with van der Waals surface area (Å²) in [5.74, 6) is 4.60. The molecule has 10 heteroatoms. The Morgan fingerprint density at radius 3 is 2.69 bits per heavy atom. The fraction of sp³-hybridized carbons (Fsp3) is 0.480. The van der Waals surface area contributed by atoms with E-state index < -0.39 is 24.0 Å². The minimum atomic E-state index is -0.708. The standard InChI is InChI=1S/C25H32N6O3S/c1-16(27-2)22(32)28-21(18-12-7-4-8-13-18)25(34)31-15-9-14-19(31)23(33)29-24(35)20(30-26)17-10-5-3-6-11-17/h4-5,7,10-11,16,18-19,21,27H,8-9,12-15,26H2,1-2H3,(H,28,32)(H,29,33,35)/b30-20-/t16-,18?,19-,21?/m0/s1. The Hall–Kier alpha value is -3.29. The molecule has 0 spiro atoms. The van der Waals surface area contributed by atoms with Gasteiger partial charge in [-0.25, -0.2) is 0 Å². The molecule has 186 valence electrons. The normalized spacial score (nSPS) is 23.0. The topological polar surface area (TPSA) is 129 Å². The second kappa shape index (κ2) is 12.4. The van der Waals surface area contributed by atoms with Crippen LogP contribution in [0.4, 0.5) is 0 Å². The summed E-state index contributed by atoms with van der Waals surface area (Å²) >= 11 is 5.38. The Morgan fingerprint density at radius 2 is 2.06 bits per heavy atom. The highest BCUT2D eigenvalue weighted by Crippen LogP contribution is 2.26. The predicted molar refractivity (Wildman–Crippen MR) is 138 cm³/mol. The van der Waals surface area contributed by atoms with Crippen LogP contribution in [0.5, 0.6) is 0 Å². The van der Waals surface area contributed by atoms with Crippen LogP contribution in [-0.2, 0) is 14.4 Å². The molecular formula is C25H32N6O3S. The lowest BCUT2D eigenvalue weighted by molar-refractivity contribution is -0.142. The number of likely N-dealkylation sites (N-methyl/N-ethyl adjacent to an activating group) is 1. The average molecular weight is 497 g/mol. The third-order valence-corrected chi connectivity index (χ3v) is 6.82. The van der Waals surface area contributed by atoms with Crippen molar-refractivity contribution in [2.45, 2.75) is 57.2 Å². The first-order valence-electron chi connectivity index (χ1n) is 11.8. The van der Waals surface area contributed by atoms with Gasteiger partial charge < -0.3 is 26.7 Å². The first kappa shape index (κ1) is 26.3. The van der Waals surface area contributed by atoms with Gasteiger partial charge in [0.15, 0.2) is 0 Å². The number of allylic oxidation sites excluding steroid dienone is 5. The van der Waals surface area contributed by atoms with Crippen molar-refractivity contribution in [3.63, 3.8) is 0 Å². The minimum absolute atomic E-state index is 0.0343. The monoisotopic (exact) mass is 496 g/mol. The number of carbonyl (C=O) groups is 3. The fourth-order valence-corrected chi connectivity index (χ4v) is 4.68. The van der Waals surface area contributed by atoms with Gasteiger partial charge in [-0.05, 0) is 70.2 Å². The first-order chi connectivity index (χ1) is 16.9. The molecule has 1 aliphatic heterocycles. The summed E-state index contributed by atoms with van der Waals surface area (Å²) in [4.78, 5) is 41.2. The molecule has 1 heterocycles. The SMILES string of the molecule is CN[C@@H](C)C(=O)NC(C(=O)N1CCC[C@H]1C(=O)NC(=S)/C(=N\N)C1=CC=C=C=C1)C1CC=CCC1. The number of likely N-dealkylation sites (tertiary alicyclic amines) is 1. The van der Waals surface area contributed by atoms with Gasteiger partial charge in [0.05, 0.1) is 6.04 Å². The number of hydrazone groups is 1. The molecule has 0 saturated carbocycles. The largest absolute Gasteiger partial charge is 0.343 e. The molecule has 3 amide bonds. The molecule has 0 aromatic carbocycles. The zero-order valence-electron chi connectivity index (χ0n) is 20.0. The van der Waals surface area contributed by atoms with E-state index in [4.69, 9.17) is 18.1 Å². The molecule has 0 bridgehead atoms. The molecule has 35 heavy (non-hydrogen) atoms. The Morgan fingerprint density at radius 1 is 1.26 bits per heavy atom. The van der Waals surface area contributed by atoms with Crippen molar-refractivity contribution in [3.05, 3.63) is 47.4 Å². The zero-order valence-corrected chi connectivity index (χ0v) is 20.9. The van der Waals surface area contributed by atoms with Gasteiger partial charge in [-0.1, -0.05) is 35.8 Å². The van der Waals surface area contributed by atoms with Crippen molar-refractivity contribution in [1.82, 2.24) is 20.9 Å². The fourth-order valence-electron chi connectivity index (χ4n) is 4.41. The lowest BCUT2D eigenvalue weighted by Gasteiger charge is -2.34. The van der Waals surface area contributed by atoms with Crippen LogP contribution in [0, 0.1) is 5.92 Å². The quantitative estimate of drug-likeness (QED) is 0.0991. The maximum absolute atomic E-state index is 13.7. The van der Waals surface area contributed by atoms with Gasteiger partial charge in [-0.3, -0.25) is 14.4 Å². The van der Waals surface area contributed by atoms with Crippen molar-refractivity contribution in [3.8, 4) is 0 Å². The molecule has 0 radical (unpaired) electrons. The summed E-state index contributed by atoms with van der Waals surface area (Å²) in [7, 11) is 1.69. The number of amides is 3. The molecule has 2 unspecified atom stereocenters. The number of carbonyl (C=O) groups excluding carboxylic acids is 3. The Bertz CT molecular complexity index is 1070. The van der Waals surface area contributed by atoms with Crippen molar-refractivity contribution in [2.24, 2.45) is 16.9 Å².